The van der Waals surface area contributed by atoms with E-state index in [1.54, 1.807) is 0 Å². The Balaban J connectivity index is 1.76. The summed E-state index contributed by atoms with van der Waals surface area (Å²) in [7, 11) is -3.97. The van der Waals surface area contributed by atoms with Crippen LogP contribution in [-0.2, 0) is 10.0 Å². The molecule has 0 aliphatic carbocycles. The molecule has 3 aromatic rings. The van der Waals surface area contributed by atoms with Crippen molar-refractivity contribution in [2.24, 2.45) is 0 Å². The van der Waals surface area contributed by atoms with Crippen LogP contribution in [0.25, 0.3) is 11.0 Å². The first-order chi connectivity index (χ1) is 14.7. The molecule has 2 aromatic heterocycles. The predicted octanol–water partition coefficient (Wildman–Crippen LogP) is 2.00. The Morgan fingerprint density at radius 2 is 1.84 bits per heavy atom. The highest BCUT2D eigenvalue weighted by Gasteiger charge is 2.39. The lowest BCUT2D eigenvalue weighted by Gasteiger charge is -2.32. The molecule has 31 heavy (non-hydrogen) atoms. The number of nitrogen functional groups attached to an aromatic ring is 1. The lowest BCUT2D eigenvalue weighted by atomic mass is 10.1. The van der Waals surface area contributed by atoms with Crippen LogP contribution in [0.2, 0.25) is 0 Å². The SMILES string of the molecule is COc1c(F)c(F)c(F)c(F)c1S(=O)(=O)N1CCCC(n2ncc3c(N)ncnc32)C1. The van der Waals surface area contributed by atoms with Crippen molar-refractivity contribution < 1.29 is 30.7 Å². The van der Waals surface area contributed by atoms with Crippen LogP contribution in [0, 0.1) is 23.3 Å². The van der Waals surface area contributed by atoms with Crippen LogP contribution in [0.3, 0.4) is 0 Å². The summed E-state index contributed by atoms with van der Waals surface area (Å²) >= 11 is 0. The number of nitrogens with two attached hydrogens (primary N) is 1. The molecule has 1 saturated heterocycles. The fourth-order valence-electron chi connectivity index (χ4n) is 3.62. The number of ether oxygens (including phenoxy) is 1. The van der Waals surface area contributed by atoms with Crippen LogP contribution >= 0.6 is 0 Å². The standard InChI is InChI=1S/C17H16F4N6O3S/c1-30-14-12(20)10(18)11(19)13(21)15(14)31(28,29)26-4-2-3-8(6-26)27-17-9(5-25-27)16(22)23-7-24-17/h5,7-8H,2-4,6H2,1H3,(H2,22,23,24). The summed E-state index contributed by atoms with van der Waals surface area (Å²) in [6.07, 6.45) is 3.50. The zero-order valence-electron chi connectivity index (χ0n) is 16.0. The zero-order valence-corrected chi connectivity index (χ0v) is 16.8. The molecule has 1 aromatic carbocycles. The maximum absolute atomic E-state index is 14.4. The lowest BCUT2D eigenvalue weighted by molar-refractivity contribution is 0.254. The van der Waals surface area contributed by atoms with Crippen molar-refractivity contribution in [3.8, 4) is 5.75 Å². The highest BCUT2D eigenvalue weighted by atomic mass is 32.2. The minimum atomic E-state index is -4.79. The van der Waals surface area contributed by atoms with Gasteiger partial charge in [-0.2, -0.15) is 13.8 Å². The fourth-order valence-corrected chi connectivity index (χ4v) is 5.34. The number of aromatic nitrogens is 4. The second-order valence-electron chi connectivity index (χ2n) is 6.86. The summed E-state index contributed by atoms with van der Waals surface area (Å²) in [5, 5.41) is 4.67. The molecule has 166 valence electrons. The van der Waals surface area contributed by atoms with Gasteiger partial charge in [0.1, 0.15) is 12.1 Å². The van der Waals surface area contributed by atoms with Crippen molar-refractivity contribution in [2.75, 3.05) is 25.9 Å². The molecule has 0 amide bonds. The molecule has 0 spiro atoms. The first kappa shape index (κ1) is 21.2. The molecule has 1 unspecified atom stereocenters. The average molecular weight is 460 g/mol. The molecule has 9 nitrogen and oxygen atoms in total. The third kappa shape index (κ3) is 3.26. The van der Waals surface area contributed by atoms with Crippen molar-refractivity contribution in [3.63, 3.8) is 0 Å². The van der Waals surface area contributed by atoms with Crippen molar-refractivity contribution in [2.45, 2.75) is 23.8 Å². The normalized spacial score (nSPS) is 17.9. The van der Waals surface area contributed by atoms with E-state index in [0.29, 0.717) is 23.9 Å². The molecule has 3 heterocycles. The number of fused-ring (bicyclic) bond motifs is 1. The van der Waals surface area contributed by atoms with Crippen LogP contribution in [0.1, 0.15) is 18.9 Å². The molecule has 1 aliphatic heterocycles. The molecule has 14 heteroatoms. The second kappa shape index (κ2) is 7.60. The van der Waals surface area contributed by atoms with Gasteiger partial charge in [0, 0.05) is 13.1 Å². The van der Waals surface area contributed by atoms with E-state index in [-0.39, 0.29) is 18.9 Å². The van der Waals surface area contributed by atoms with Gasteiger partial charge in [-0.15, -0.1) is 0 Å². The maximum atomic E-state index is 14.4. The molecule has 1 aliphatic rings. The van der Waals surface area contributed by atoms with E-state index in [2.05, 4.69) is 19.8 Å². The highest BCUT2D eigenvalue weighted by Crippen LogP contribution is 2.37. The largest absolute Gasteiger partial charge is 0.492 e. The monoisotopic (exact) mass is 460 g/mol. The quantitative estimate of drug-likeness (QED) is 0.360. The Bertz CT molecular complexity index is 1280. The van der Waals surface area contributed by atoms with E-state index >= 15 is 0 Å². The van der Waals surface area contributed by atoms with Crippen LogP contribution < -0.4 is 10.5 Å². The van der Waals surface area contributed by atoms with Gasteiger partial charge in [-0.3, -0.25) is 0 Å². The number of methoxy groups -OCH3 is 1. The molecule has 1 fully saturated rings. The van der Waals surface area contributed by atoms with Gasteiger partial charge >= 0.3 is 0 Å². The van der Waals surface area contributed by atoms with Crippen molar-refractivity contribution in [1.82, 2.24) is 24.1 Å². The molecule has 2 N–H and O–H groups in total. The number of nitrogens with zero attached hydrogens (tertiary/aromatic N) is 5. The molecule has 0 bridgehead atoms. The van der Waals surface area contributed by atoms with E-state index in [0.717, 1.165) is 11.4 Å². The van der Waals surface area contributed by atoms with Crippen LogP contribution in [-0.4, -0.2) is 52.7 Å². The van der Waals surface area contributed by atoms with Crippen LogP contribution in [0.15, 0.2) is 17.4 Å². The fraction of sp³-hybridized carbons (Fsp3) is 0.353. The van der Waals surface area contributed by atoms with Gasteiger partial charge in [-0.05, 0) is 12.8 Å². The maximum Gasteiger partial charge on any atom is 0.250 e. The molecule has 4 rings (SSSR count). The second-order valence-corrected chi connectivity index (χ2v) is 8.74. The Hall–Kier alpha value is -3.00. The van der Waals surface area contributed by atoms with Gasteiger partial charge in [0.25, 0.3) is 0 Å². The number of hydrogen-bond acceptors (Lipinski definition) is 7. The van der Waals surface area contributed by atoms with Crippen LogP contribution in [0.5, 0.6) is 5.75 Å². The minimum absolute atomic E-state index is 0.0572. The smallest absolute Gasteiger partial charge is 0.250 e. The zero-order chi connectivity index (χ0) is 22.5. The number of anilines is 1. The summed E-state index contributed by atoms with van der Waals surface area (Å²) in [5.41, 5.74) is 6.17. The summed E-state index contributed by atoms with van der Waals surface area (Å²) in [5.74, 6) is -9.42. The number of benzene rings is 1. The Morgan fingerprint density at radius 1 is 1.13 bits per heavy atom. The first-order valence-corrected chi connectivity index (χ1v) is 10.5. The third-order valence-corrected chi connectivity index (χ3v) is 7.00. The average Bonchev–Trinajstić information content (AvgIpc) is 3.20. The molecule has 1 atom stereocenters. The number of halogens is 4. The van der Waals surface area contributed by atoms with Crippen LogP contribution in [0.4, 0.5) is 23.4 Å². The number of piperidine rings is 1. The van der Waals surface area contributed by atoms with Crippen molar-refractivity contribution in [1.29, 1.82) is 0 Å². The lowest BCUT2D eigenvalue weighted by Crippen LogP contribution is -2.41. The highest BCUT2D eigenvalue weighted by molar-refractivity contribution is 7.89. The van der Waals surface area contributed by atoms with Crippen molar-refractivity contribution >= 4 is 26.9 Å². The Morgan fingerprint density at radius 3 is 2.55 bits per heavy atom. The van der Waals surface area contributed by atoms with E-state index in [1.165, 1.54) is 17.2 Å². The van der Waals surface area contributed by atoms with E-state index < -0.39 is 50.0 Å². The number of rotatable bonds is 4. The number of sulfonamides is 1. The summed E-state index contributed by atoms with van der Waals surface area (Å²) < 4.78 is 89.0. The molecular weight excluding hydrogens is 444 g/mol. The minimum Gasteiger partial charge on any atom is -0.492 e. The van der Waals surface area contributed by atoms with Gasteiger partial charge in [-0.1, -0.05) is 0 Å². The number of hydrogen-bond donors (Lipinski definition) is 1. The van der Waals surface area contributed by atoms with Gasteiger partial charge < -0.3 is 10.5 Å². The molecule has 0 radical (unpaired) electrons. The molecular formula is C17H16F4N6O3S. The Labute approximate surface area is 173 Å². The summed E-state index contributed by atoms with van der Waals surface area (Å²) in [6.45, 7) is -0.259. The first-order valence-electron chi connectivity index (χ1n) is 9.02. The predicted molar refractivity (Wildman–Crippen MR) is 99.6 cm³/mol. The topological polar surface area (TPSA) is 116 Å². The summed E-state index contributed by atoms with van der Waals surface area (Å²) in [4.78, 5) is 6.58. The van der Waals surface area contributed by atoms with Gasteiger partial charge in [0.15, 0.2) is 27.9 Å². The molecule has 0 saturated carbocycles. The third-order valence-electron chi connectivity index (χ3n) is 5.11. The summed E-state index contributed by atoms with van der Waals surface area (Å²) in [6, 6.07) is -0.528. The van der Waals surface area contributed by atoms with E-state index in [4.69, 9.17) is 5.73 Å². The van der Waals surface area contributed by atoms with Gasteiger partial charge in [0.2, 0.25) is 21.7 Å². The van der Waals surface area contributed by atoms with E-state index in [1.807, 2.05) is 0 Å². The Kier molecular flexibility index (Phi) is 5.21. The van der Waals surface area contributed by atoms with E-state index in [9.17, 15) is 26.0 Å². The van der Waals surface area contributed by atoms with Crippen molar-refractivity contribution in [3.05, 3.63) is 35.8 Å². The van der Waals surface area contributed by atoms with Gasteiger partial charge in [0.05, 0.1) is 24.7 Å². The van der Waals surface area contributed by atoms with Gasteiger partial charge in [-0.25, -0.2) is 36.2 Å².